The number of rotatable bonds is 5. The van der Waals surface area contributed by atoms with Crippen LogP contribution in [0, 0.1) is 6.92 Å². The fourth-order valence-corrected chi connectivity index (χ4v) is 3.53. The molecular formula is C22H26N2O2. The molecule has 2 amide bonds. The summed E-state index contributed by atoms with van der Waals surface area (Å²) in [5.41, 5.74) is 2.00. The third-order valence-corrected chi connectivity index (χ3v) is 5.17. The number of amides is 2. The fraction of sp³-hybridized carbons (Fsp3) is 0.364. The molecule has 4 nitrogen and oxygen atoms in total. The average Bonchev–Trinajstić information content (AvgIpc) is 2.90. The number of aryl methyl sites for hydroxylation is 1. The Bertz CT molecular complexity index is 803. The van der Waals surface area contributed by atoms with Crippen molar-refractivity contribution in [1.82, 2.24) is 10.2 Å². The zero-order chi connectivity index (χ0) is 18.7. The first-order valence-electron chi connectivity index (χ1n) is 9.12. The molecule has 1 saturated heterocycles. The van der Waals surface area contributed by atoms with E-state index in [1.165, 1.54) is 5.56 Å². The zero-order valence-corrected chi connectivity index (χ0v) is 15.7. The van der Waals surface area contributed by atoms with E-state index in [1.807, 2.05) is 55.1 Å². The van der Waals surface area contributed by atoms with Crippen LogP contribution in [0.15, 0.2) is 54.6 Å². The summed E-state index contributed by atoms with van der Waals surface area (Å²) in [4.78, 5) is 27.4. The summed E-state index contributed by atoms with van der Waals surface area (Å²) in [6.07, 6.45) is 0.630. The van der Waals surface area contributed by atoms with E-state index < -0.39 is 5.54 Å². The van der Waals surface area contributed by atoms with Crippen molar-refractivity contribution in [2.24, 2.45) is 0 Å². The van der Waals surface area contributed by atoms with Crippen molar-refractivity contribution >= 4 is 11.8 Å². The highest BCUT2D eigenvalue weighted by Crippen LogP contribution is 2.26. The van der Waals surface area contributed by atoms with Crippen LogP contribution in [0.5, 0.6) is 0 Å². The van der Waals surface area contributed by atoms with Crippen LogP contribution in [-0.2, 0) is 4.79 Å². The summed E-state index contributed by atoms with van der Waals surface area (Å²) in [5, 5.41) is 2.96. The van der Waals surface area contributed by atoms with E-state index in [1.54, 1.807) is 6.07 Å². The van der Waals surface area contributed by atoms with Crippen molar-refractivity contribution in [3.05, 3.63) is 71.3 Å². The van der Waals surface area contributed by atoms with E-state index in [-0.39, 0.29) is 17.7 Å². The fourth-order valence-electron chi connectivity index (χ4n) is 3.53. The Labute approximate surface area is 155 Å². The van der Waals surface area contributed by atoms with Gasteiger partial charge in [-0.25, -0.2) is 0 Å². The quantitative estimate of drug-likeness (QED) is 0.897. The van der Waals surface area contributed by atoms with Crippen LogP contribution in [0.25, 0.3) is 0 Å². The van der Waals surface area contributed by atoms with Crippen LogP contribution in [0.4, 0.5) is 0 Å². The first-order chi connectivity index (χ1) is 12.4. The molecule has 0 radical (unpaired) electrons. The van der Waals surface area contributed by atoms with E-state index in [9.17, 15) is 9.59 Å². The Morgan fingerprint density at radius 2 is 1.92 bits per heavy atom. The van der Waals surface area contributed by atoms with Crippen LogP contribution in [-0.4, -0.2) is 35.3 Å². The van der Waals surface area contributed by atoms with Gasteiger partial charge in [-0.2, -0.15) is 0 Å². The van der Waals surface area contributed by atoms with Gasteiger partial charge in [0.2, 0.25) is 5.91 Å². The molecule has 0 aromatic heterocycles. The lowest BCUT2D eigenvalue weighted by Crippen LogP contribution is -2.52. The maximum absolute atomic E-state index is 12.9. The summed E-state index contributed by atoms with van der Waals surface area (Å²) < 4.78 is 0. The van der Waals surface area contributed by atoms with E-state index in [2.05, 4.69) is 24.4 Å². The van der Waals surface area contributed by atoms with Gasteiger partial charge >= 0.3 is 0 Å². The second kappa shape index (κ2) is 7.32. The lowest BCUT2D eigenvalue weighted by molar-refractivity contribution is -0.132. The predicted molar refractivity (Wildman–Crippen MR) is 103 cm³/mol. The Morgan fingerprint density at radius 3 is 2.62 bits per heavy atom. The van der Waals surface area contributed by atoms with Gasteiger partial charge in [-0.05, 0) is 43.9 Å². The van der Waals surface area contributed by atoms with Crippen molar-refractivity contribution in [1.29, 1.82) is 0 Å². The van der Waals surface area contributed by atoms with Crippen molar-refractivity contribution in [3.8, 4) is 0 Å². The SMILES string of the molecule is Cc1cccc(C(=O)NC2(C)CCN(CC(C)c3ccccc3)C2=O)c1. The molecule has 136 valence electrons. The van der Waals surface area contributed by atoms with Crippen molar-refractivity contribution in [2.75, 3.05) is 13.1 Å². The molecule has 2 unspecified atom stereocenters. The molecular weight excluding hydrogens is 324 g/mol. The zero-order valence-electron chi connectivity index (χ0n) is 15.7. The van der Waals surface area contributed by atoms with Gasteiger partial charge in [-0.15, -0.1) is 0 Å². The minimum atomic E-state index is -0.836. The molecule has 2 atom stereocenters. The normalized spacial score (nSPS) is 20.9. The van der Waals surface area contributed by atoms with E-state index >= 15 is 0 Å². The summed E-state index contributed by atoms with van der Waals surface area (Å²) in [5.74, 6) is 0.0683. The second-order valence-corrected chi connectivity index (χ2v) is 7.47. The largest absolute Gasteiger partial charge is 0.340 e. The van der Waals surface area contributed by atoms with Gasteiger partial charge in [-0.3, -0.25) is 9.59 Å². The smallest absolute Gasteiger partial charge is 0.252 e. The van der Waals surface area contributed by atoms with Gasteiger partial charge in [0.05, 0.1) is 0 Å². The number of carbonyl (C=O) groups is 2. The molecule has 2 aromatic rings. The van der Waals surface area contributed by atoms with Gasteiger partial charge < -0.3 is 10.2 Å². The minimum Gasteiger partial charge on any atom is -0.340 e. The monoisotopic (exact) mass is 350 g/mol. The molecule has 1 aliphatic rings. The van der Waals surface area contributed by atoms with Crippen LogP contribution < -0.4 is 5.32 Å². The third kappa shape index (κ3) is 3.79. The molecule has 26 heavy (non-hydrogen) atoms. The molecule has 1 heterocycles. The number of benzene rings is 2. The van der Waals surface area contributed by atoms with Gasteiger partial charge in [-0.1, -0.05) is 55.0 Å². The summed E-state index contributed by atoms with van der Waals surface area (Å²) in [7, 11) is 0. The Kier molecular flexibility index (Phi) is 5.12. The molecule has 3 rings (SSSR count). The van der Waals surface area contributed by atoms with Crippen LogP contribution in [0.1, 0.15) is 47.7 Å². The highest BCUT2D eigenvalue weighted by molar-refractivity contribution is 5.99. The van der Waals surface area contributed by atoms with Gasteiger partial charge in [0.1, 0.15) is 5.54 Å². The Morgan fingerprint density at radius 1 is 1.19 bits per heavy atom. The van der Waals surface area contributed by atoms with Gasteiger partial charge in [0.15, 0.2) is 0 Å². The topological polar surface area (TPSA) is 49.4 Å². The number of likely N-dealkylation sites (tertiary alicyclic amines) is 1. The average molecular weight is 350 g/mol. The summed E-state index contributed by atoms with van der Waals surface area (Å²) >= 11 is 0. The molecule has 0 aliphatic carbocycles. The maximum atomic E-state index is 12.9. The highest BCUT2D eigenvalue weighted by atomic mass is 16.2. The Balaban J connectivity index is 1.66. The van der Waals surface area contributed by atoms with Crippen molar-refractivity contribution in [3.63, 3.8) is 0 Å². The summed E-state index contributed by atoms with van der Waals surface area (Å²) in [6, 6.07) is 17.6. The lowest BCUT2D eigenvalue weighted by Gasteiger charge is -2.26. The third-order valence-electron chi connectivity index (χ3n) is 5.17. The molecule has 2 aromatic carbocycles. The van der Waals surface area contributed by atoms with Crippen LogP contribution in [0.3, 0.4) is 0 Å². The molecule has 0 saturated carbocycles. The molecule has 4 heteroatoms. The van der Waals surface area contributed by atoms with E-state index in [0.717, 1.165) is 5.56 Å². The van der Waals surface area contributed by atoms with E-state index in [4.69, 9.17) is 0 Å². The Hall–Kier alpha value is -2.62. The first-order valence-corrected chi connectivity index (χ1v) is 9.12. The second-order valence-electron chi connectivity index (χ2n) is 7.47. The van der Waals surface area contributed by atoms with Gasteiger partial charge in [0.25, 0.3) is 5.91 Å². The van der Waals surface area contributed by atoms with E-state index in [0.29, 0.717) is 25.1 Å². The lowest BCUT2D eigenvalue weighted by atomic mass is 9.99. The first kappa shape index (κ1) is 18.2. The number of nitrogens with one attached hydrogen (secondary N) is 1. The number of hydrogen-bond donors (Lipinski definition) is 1. The maximum Gasteiger partial charge on any atom is 0.252 e. The molecule has 1 N–H and O–H groups in total. The number of nitrogens with zero attached hydrogens (tertiary/aromatic N) is 1. The van der Waals surface area contributed by atoms with Gasteiger partial charge in [0, 0.05) is 18.7 Å². The van der Waals surface area contributed by atoms with Crippen molar-refractivity contribution < 1.29 is 9.59 Å². The highest BCUT2D eigenvalue weighted by Gasteiger charge is 2.44. The van der Waals surface area contributed by atoms with Crippen molar-refractivity contribution in [2.45, 2.75) is 38.6 Å². The standard InChI is InChI=1S/C22H26N2O2/c1-16-8-7-11-19(14-16)20(25)23-22(3)12-13-24(21(22)26)15-17(2)18-9-5-4-6-10-18/h4-11,14,17H,12-13,15H2,1-3H3,(H,23,25). The molecule has 1 fully saturated rings. The predicted octanol–water partition coefficient (Wildman–Crippen LogP) is 3.52. The minimum absolute atomic E-state index is 0.00119. The van der Waals surface area contributed by atoms with Crippen LogP contribution >= 0.6 is 0 Å². The summed E-state index contributed by atoms with van der Waals surface area (Å²) in [6.45, 7) is 7.24. The number of hydrogen-bond acceptors (Lipinski definition) is 2. The number of carbonyl (C=O) groups excluding carboxylic acids is 2. The molecule has 0 spiro atoms. The molecule has 0 bridgehead atoms. The van der Waals surface area contributed by atoms with Crippen LogP contribution in [0.2, 0.25) is 0 Å². The molecule has 1 aliphatic heterocycles.